The zero-order valence-corrected chi connectivity index (χ0v) is 11.1. The van der Waals surface area contributed by atoms with Crippen molar-refractivity contribution in [2.75, 3.05) is 25.1 Å². The van der Waals surface area contributed by atoms with Gasteiger partial charge in [0.25, 0.3) is 0 Å². The summed E-state index contributed by atoms with van der Waals surface area (Å²) in [6.45, 7) is -1.53. The lowest BCUT2D eigenvalue weighted by Crippen LogP contribution is -2.49. The molecule has 2 aromatic rings. The van der Waals surface area contributed by atoms with Crippen LogP contribution in [0.5, 0.6) is 0 Å². The molecule has 0 amide bonds. The number of nitrogens with zero attached hydrogens (tertiary/aromatic N) is 5. The predicted octanol–water partition coefficient (Wildman–Crippen LogP) is -1.16. The van der Waals surface area contributed by atoms with Crippen molar-refractivity contribution >= 4 is 17.5 Å². The molecule has 0 aromatic carbocycles. The van der Waals surface area contributed by atoms with E-state index in [1.165, 1.54) is 10.9 Å². The molecule has 9 nitrogen and oxygen atoms in total. The average molecular weight is 301 g/mol. The van der Waals surface area contributed by atoms with Gasteiger partial charge in [-0.25, -0.2) is 4.98 Å². The van der Waals surface area contributed by atoms with Crippen molar-refractivity contribution in [2.45, 2.75) is 5.54 Å². The summed E-state index contributed by atoms with van der Waals surface area (Å²) in [5.41, 5.74) is -1.35. The number of aliphatic hydroxyl groups excluding tert-OH is 3. The van der Waals surface area contributed by atoms with E-state index in [9.17, 15) is 15.3 Å². The number of nitrogens with one attached hydrogen (secondary N) is 1. The third-order valence-corrected chi connectivity index (χ3v) is 2.79. The molecule has 0 spiro atoms. The van der Waals surface area contributed by atoms with Gasteiger partial charge in [-0.3, -0.25) is 4.57 Å². The molecule has 0 bridgehead atoms. The first kappa shape index (κ1) is 14.6. The molecule has 108 valence electrons. The molecule has 0 atom stereocenters. The Morgan fingerprint density at radius 1 is 1.15 bits per heavy atom. The minimum Gasteiger partial charge on any atom is -0.394 e. The predicted molar refractivity (Wildman–Crippen MR) is 69.6 cm³/mol. The number of aliphatic hydroxyl groups is 3. The smallest absolute Gasteiger partial charge is 0.241 e. The van der Waals surface area contributed by atoms with E-state index in [2.05, 4.69) is 25.3 Å². The monoisotopic (exact) mass is 300 g/mol. The number of hydrogen-bond donors (Lipinski definition) is 4. The maximum absolute atomic E-state index is 9.26. The van der Waals surface area contributed by atoms with Crippen molar-refractivity contribution in [2.24, 2.45) is 0 Å². The van der Waals surface area contributed by atoms with Crippen LogP contribution < -0.4 is 5.32 Å². The first-order valence-electron chi connectivity index (χ1n) is 5.63. The van der Waals surface area contributed by atoms with Gasteiger partial charge in [-0.2, -0.15) is 15.0 Å². The van der Waals surface area contributed by atoms with Gasteiger partial charge in [-0.1, -0.05) is 0 Å². The van der Waals surface area contributed by atoms with E-state index < -0.39 is 25.4 Å². The zero-order chi connectivity index (χ0) is 14.6. The summed E-state index contributed by atoms with van der Waals surface area (Å²) in [5.74, 6) is 0.235. The van der Waals surface area contributed by atoms with Gasteiger partial charge in [0.15, 0.2) is 0 Å². The molecule has 0 saturated heterocycles. The largest absolute Gasteiger partial charge is 0.394 e. The van der Waals surface area contributed by atoms with Crippen LogP contribution in [0.25, 0.3) is 5.95 Å². The molecule has 0 aliphatic carbocycles. The molecule has 10 heteroatoms. The molecule has 2 rings (SSSR count). The standard InChI is InChI=1S/C10H13ClN6O3/c11-7-13-8(16-10(3-18,4-19)5-20)15-9(14-7)17-2-1-12-6-17/h1-2,6,18-20H,3-5H2,(H,13,14,15,16). The highest BCUT2D eigenvalue weighted by atomic mass is 35.5. The third-order valence-electron chi connectivity index (χ3n) is 2.62. The highest BCUT2D eigenvalue weighted by molar-refractivity contribution is 6.28. The number of halogens is 1. The van der Waals surface area contributed by atoms with Crippen LogP contribution in [0.4, 0.5) is 5.95 Å². The highest BCUT2D eigenvalue weighted by Crippen LogP contribution is 2.14. The fraction of sp³-hybridized carbons (Fsp3) is 0.400. The Labute approximate surface area is 118 Å². The Balaban J connectivity index is 2.33. The van der Waals surface area contributed by atoms with E-state index in [-0.39, 0.29) is 17.2 Å². The molecule has 0 radical (unpaired) electrons. The number of imidazole rings is 1. The fourth-order valence-corrected chi connectivity index (χ4v) is 1.55. The van der Waals surface area contributed by atoms with Crippen molar-refractivity contribution in [3.8, 4) is 5.95 Å². The number of rotatable bonds is 6. The summed E-state index contributed by atoms with van der Waals surface area (Å²) in [5, 5.41) is 30.4. The van der Waals surface area contributed by atoms with Gasteiger partial charge in [0.1, 0.15) is 11.9 Å². The zero-order valence-electron chi connectivity index (χ0n) is 10.3. The van der Waals surface area contributed by atoms with Gasteiger partial charge in [-0.15, -0.1) is 0 Å². The van der Waals surface area contributed by atoms with Gasteiger partial charge >= 0.3 is 0 Å². The Morgan fingerprint density at radius 2 is 1.85 bits per heavy atom. The molecule has 4 N–H and O–H groups in total. The molecular weight excluding hydrogens is 288 g/mol. The summed E-state index contributed by atoms with van der Waals surface area (Å²) in [7, 11) is 0. The van der Waals surface area contributed by atoms with Gasteiger partial charge in [-0.05, 0) is 11.6 Å². The number of aromatic nitrogens is 5. The molecule has 2 aromatic heterocycles. The van der Waals surface area contributed by atoms with Gasteiger partial charge in [0.05, 0.1) is 19.8 Å². The fourth-order valence-electron chi connectivity index (χ4n) is 1.39. The Hall–Kier alpha value is -1.81. The maximum atomic E-state index is 9.26. The van der Waals surface area contributed by atoms with Crippen LogP contribution in [-0.2, 0) is 0 Å². The van der Waals surface area contributed by atoms with E-state index in [4.69, 9.17) is 11.6 Å². The maximum Gasteiger partial charge on any atom is 0.241 e. The first-order chi connectivity index (χ1) is 9.62. The van der Waals surface area contributed by atoms with Crippen LogP contribution in [0, 0.1) is 0 Å². The van der Waals surface area contributed by atoms with Crippen LogP contribution in [0.15, 0.2) is 18.7 Å². The van der Waals surface area contributed by atoms with E-state index >= 15 is 0 Å². The summed E-state index contributed by atoms with van der Waals surface area (Å²) in [6.07, 6.45) is 4.64. The Kier molecular flexibility index (Phi) is 4.45. The van der Waals surface area contributed by atoms with Gasteiger partial charge < -0.3 is 20.6 Å². The summed E-state index contributed by atoms with van der Waals surface area (Å²) >= 11 is 5.80. The highest BCUT2D eigenvalue weighted by Gasteiger charge is 2.29. The number of hydrogen-bond acceptors (Lipinski definition) is 8. The second-order valence-electron chi connectivity index (χ2n) is 4.08. The molecule has 0 aliphatic heterocycles. The van der Waals surface area contributed by atoms with E-state index in [1.807, 2.05) is 0 Å². The van der Waals surface area contributed by atoms with Crippen LogP contribution in [0.1, 0.15) is 0 Å². The van der Waals surface area contributed by atoms with E-state index in [0.717, 1.165) is 0 Å². The quantitative estimate of drug-likeness (QED) is 0.525. The topological polar surface area (TPSA) is 129 Å². The Bertz CT molecular complexity index is 552. The molecule has 20 heavy (non-hydrogen) atoms. The molecule has 0 fully saturated rings. The van der Waals surface area contributed by atoms with Crippen molar-refractivity contribution in [3.63, 3.8) is 0 Å². The Morgan fingerprint density at radius 3 is 2.40 bits per heavy atom. The summed E-state index contributed by atoms with van der Waals surface area (Å²) in [6, 6.07) is 0. The summed E-state index contributed by atoms with van der Waals surface area (Å²) in [4.78, 5) is 15.7. The van der Waals surface area contributed by atoms with Crippen LogP contribution in [0.2, 0.25) is 5.28 Å². The van der Waals surface area contributed by atoms with Crippen molar-refractivity contribution in [3.05, 3.63) is 24.0 Å². The second kappa shape index (κ2) is 6.09. The normalized spacial score (nSPS) is 11.6. The van der Waals surface area contributed by atoms with Crippen LogP contribution in [0.3, 0.4) is 0 Å². The SMILES string of the molecule is OCC(CO)(CO)Nc1nc(Cl)nc(-n2ccnc2)n1. The first-order valence-corrected chi connectivity index (χ1v) is 6.01. The summed E-state index contributed by atoms with van der Waals surface area (Å²) < 4.78 is 1.51. The van der Waals surface area contributed by atoms with Crippen molar-refractivity contribution in [1.29, 1.82) is 0 Å². The van der Waals surface area contributed by atoms with Crippen molar-refractivity contribution < 1.29 is 15.3 Å². The second-order valence-corrected chi connectivity index (χ2v) is 4.42. The minimum atomic E-state index is -1.35. The molecular formula is C10H13ClN6O3. The lowest BCUT2D eigenvalue weighted by molar-refractivity contribution is 0.0828. The van der Waals surface area contributed by atoms with Crippen LogP contribution in [-0.4, -0.2) is 65.2 Å². The van der Waals surface area contributed by atoms with Crippen molar-refractivity contribution in [1.82, 2.24) is 24.5 Å². The third kappa shape index (κ3) is 3.02. The molecule has 0 unspecified atom stereocenters. The van der Waals surface area contributed by atoms with Gasteiger partial charge in [0, 0.05) is 12.4 Å². The minimum absolute atomic E-state index is 0.0193. The number of anilines is 1. The van der Waals surface area contributed by atoms with E-state index in [0.29, 0.717) is 0 Å². The lowest BCUT2D eigenvalue weighted by Gasteiger charge is -2.28. The molecule has 2 heterocycles. The van der Waals surface area contributed by atoms with Gasteiger partial charge in [0.2, 0.25) is 17.2 Å². The van der Waals surface area contributed by atoms with Crippen LogP contribution >= 0.6 is 11.6 Å². The lowest BCUT2D eigenvalue weighted by atomic mass is 10.0. The van der Waals surface area contributed by atoms with E-state index in [1.54, 1.807) is 12.4 Å². The molecule has 0 saturated carbocycles. The average Bonchev–Trinajstić information content (AvgIpc) is 2.98. The molecule has 0 aliphatic rings.